The number of carboxylic acids is 2. The Hall–Kier alpha value is -1.53. The van der Waals surface area contributed by atoms with Gasteiger partial charge in [-0.05, 0) is 18.2 Å². The summed E-state index contributed by atoms with van der Waals surface area (Å²) >= 11 is 0. The van der Waals surface area contributed by atoms with Crippen molar-refractivity contribution in [3.63, 3.8) is 0 Å². The first-order valence-electron chi connectivity index (χ1n) is 3.38. The molecule has 1 aromatic rings. The predicted octanol–water partition coefficient (Wildman–Crippen LogP) is 0.663. The van der Waals surface area contributed by atoms with Gasteiger partial charge in [0.25, 0.3) is 0 Å². The standard InChI is InChI=1S/C8H7NO4.Co/c9-6-3-4(7(10)11)1-2-5(6)8(12)13;/h1-3H,9H2,(H,10,11)(H,12,13);. The Morgan fingerprint density at radius 2 is 1.71 bits per heavy atom. The van der Waals surface area contributed by atoms with Crippen LogP contribution in [0.15, 0.2) is 18.2 Å². The first-order valence-corrected chi connectivity index (χ1v) is 3.38. The molecule has 0 bridgehead atoms. The van der Waals surface area contributed by atoms with Crippen LogP contribution in [-0.4, -0.2) is 22.2 Å². The normalized spacial score (nSPS) is 8.86. The van der Waals surface area contributed by atoms with Crippen LogP contribution in [0, 0.1) is 0 Å². The first-order chi connectivity index (χ1) is 6.02. The molecule has 1 rings (SSSR count). The van der Waals surface area contributed by atoms with E-state index in [4.69, 9.17) is 15.9 Å². The topological polar surface area (TPSA) is 101 Å². The summed E-state index contributed by atoms with van der Waals surface area (Å²) in [6, 6.07) is 3.48. The third-order valence-electron chi connectivity index (χ3n) is 1.53. The Morgan fingerprint density at radius 1 is 1.14 bits per heavy atom. The second-order valence-corrected chi connectivity index (χ2v) is 2.41. The van der Waals surface area contributed by atoms with Gasteiger partial charge in [0, 0.05) is 22.5 Å². The van der Waals surface area contributed by atoms with Gasteiger partial charge in [-0.25, -0.2) is 9.59 Å². The molecular formula is C8H7CoNO4. The smallest absolute Gasteiger partial charge is 0.337 e. The average molecular weight is 240 g/mol. The van der Waals surface area contributed by atoms with Gasteiger partial charge in [0.15, 0.2) is 0 Å². The fraction of sp³-hybridized carbons (Fsp3) is 0. The molecule has 5 nitrogen and oxygen atoms in total. The Morgan fingerprint density at radius 3 is 2.07 bits per heavy atom. The predicted molar refractivity (Wildman–Crippen MR) is 44.8 cm³/mol. The summed E-state index contributed by atoms with van der Waals surface area (Å²) in [6.45, 7) is 0. The van der Waals surface area contributed by atoms with Crippen LogP contribution >= 0.6 is 0 Å². The number of nitrogen functional groups attached to an aromatic ring is 1. The maximum absolute atomic E-state index is 10.5. The minimum Gasteiger partial charge on any atom is -0.478 e. The van der Waals surface area contributed by atoms with Crippen molar-refractivity contribution in [1.29, 1.82) is 0 Å². The molecule has 0 spiro atoms. The molecule has 0 heterocycles. The quantitative estimate of drug-likeness (QED) is 0.659. The van der Waals surface area contributed by atoms with E-state index in [0.717, 1.165) is 6.07 Å². The average Bonchev–Trinajstić information content (AvgIpc) is 2.03. The Labute approximate surface area is 89.7 Å². The third kappa shape index (κ3) is 2.48. The summed E-state index contributed by atoms with van der Waals surface area (Å²) in [7, 11) is 0. The van der Waals surface area contributed by atoms with Crippen LogP contribution in [0.4, 0.5) is 5.69 Å². The molecule has 0 amide bonds. The van der Waals surface area contributed by atoms with Gasteiger partial charge < -0.3 is 15.9 Å². The molecule has 0 fully saturated rings. The summed E-state index contributed by atoms with van der Waals surface area (Å²) in [5.41, 5.74) is 5.15. The minimum atomic E-state index is -1.17. The number of hydrogen-bond donors (Lipinski definition) is 3. The van der Waals surface area contributed by atoms with Crippen molar-refractivity contribution >= 4 is 17.6 Å². The minimum absolute atomic E-state index is 0. The molecule has 0 saturated heterocycles. The number of nitrogens with two attached hydrogens (primary N) is 1. The molecule has 0 aromatic heterocycles. The molecule has 0 aliphatic rings. The van der Waals surface area contributed by atoms with E-state index in [-0.39, 0.29) is 33.6 Å². The van der Waals surface area contributed by atoms with E-state index < -0.39 is 11.9 Å². The Balaban J connectivity index is 0.00000169. The van der Waals surface area contributed by atoms with Gasteiger partial charge in [-0.3, -0.25) is 0 Å². The molecular weight excluding hydrogens is 233 g/mol. The van der Waals surface area contributed by atoms with Gasteiger partial charge in [0.2, 0.25) is 0 Å². The number of anilines is 1. The zero-order valence-electron chi connectivity index (χ0n) is 6.85. The van der Waals surface area contributed by atoms with E-state index in [1.165, 1.54) is 12.1 Å². The van der Waals surface area contributed by atoms with Gasteiger partial charge in [-0.15, -0.1) is 0 Å². The first kappa shape index (κ1) is 12.5. The number of rotatable bonds is 2. The van der Waals surface area contributed by atoms with Gasteiger partial charge in [0.1, 0.15) is 0 Å². The summed E-state index contributed by atoms with van der Waals surface area (Å²) < 4.78 is 0. The number of benzene rings is 1. The van der Waals surface area contributed by atoms with Crippen LogP contribution in [-0.2, 0) is 16.8 Å². The van der Waals surface area contributed by atoms with Gasteiger partial charge in [-0.1, -0.05) is 0 Å². The van der Waals surface area contributed by atoms with Gasteiger partial charge >= 0.3 is 11.9 Å². The zero-order chi connectivity index (χ0) is 10.0. The van der Waals surface area contributed by atoms with Crippen LogP contribution in [0.2, 0.25) is 0 Å². The maximum atomic E-state index is 10.5. The van der Waals surface area contributed by atoms with Crippen molar-refractivity contribution in [3.8, 4) is 0 Å². The van der Waals surface area contributed by atoms with E-state index in [0.29, 0.717) is 0 Å². The van der Waals surface area contributed by atoms with E-state index >= 15 is 0 Å². The van der Waals surface area contributed by atoms with Gasteiger partial charge in [-0.2, -0.15) is 0 Å². The fourth-order valence-electron chi connectivity index (χ4n) is 0.891. The molecule has 0 aliphatic heterocycles. The Bertz CT molecular complexity index is 378. The number of hydrogen-bond acceptors (Lipinski definition) is 3. The largest absolute Gasteiger partial charge is 0.478 e. The molecule has 0 unspecified atom stereocenters. The van der Waals surface area contributed by atoms with E-state index in [1.54, 1.807) is 0 Å². The third-order valence-corrected chi connectivity index (χ3v) is 1.53. The zero-order valence-corrected chi connectivity index (χ0v) is 7.89. The number of carboxylic acid groups (broad SMARTS) is 2. The summed E-state index contributed by atoms with van der Waals surface area (Å²) in [6.07, 6.45) is 0. The van der Waals surface area contributed by atoms with Crippen LogP contribution < -0.4 is 5.73 Å². The number of carbonyl (C=O) groups is 2. The second-order valence-electron chi connectivity index (χ2n) is 2.41. The molecule has 0 atom stereocenters. The molecule has 14 heavy (non-hydrogen) atoms. The summed E-state index contributed by atoms with van der Waals surface area (Å²) in [4.78, 5) is 20.9. The molecule has 1 radical (unpaired) electrons. The van der Waals surface area contributed by atoms with E-state index in [9.17, 15) is 9.59 Å². The fourth-order valence-corrected chi connectivity index (χ4v) is 0.891. The molecule has 0 saturated carbocycles. The number of aromatic carboxylic acids is 2. The van der Waals surface area contributed by atoms with E-state index in [1.807, 2.05) is 0 Å². The SMILES string of the molecule is Nc1cc(C(=O)O)ccc1C(=O)O.[Co]. The van der Waals surface area contributed by atoms with Crippen molar-refractivity contribution in [1.82, 2.24) is 0 Å². The second kappa shape index (κ2) is 4.63. The molecule has 77 valence electrons. The molecule has 1 aromatic carbocycles. The molecule has 6 heteroatoms. The maximum Gasteiger partial charge on any atom is 0.337 e. The van der Waals surface area contributed by atoms with E-state index in [2.05, 4.69) is 0 Å². The molecule has 4 N–H and O–H groups in total. The summed E-state index contributed by atoms with van der Waals surface area (Å²) in [5.74, 6) is -2.31. The van der Waals surface area contributed by atoms with Crippen molar-refractivity contribution in [2.75, 3.05) is 5.73 Å². The van der Waals surface area contributed by atoms with Crippen molar-refractivity contribution in [2.45, 2.75) is 0 Å². The van der Waals surface area contributed by atoms with Crippen LogP contribution in [0.5, 0.6) is 0 Å². The summed E-state index contributed by atoms with van der Waals surface area (Å²) in [5, 5.41) is 17.1. The van der Waals surface area contributed by atoms with Crippen molar-refractivity contribution < 1.29 is 36.6 Å². The Kier molecular flexibility index (Phi) is 4.13. The van der Waals surface area contributed by atoms with Crippen LogP contribution in [0.3, 0.4) is 0 Å². The van der Waals surface area contributed by atoms with Gasteiger partial charge in [0.05, 0.1) is 11.1 Å². The van der Waals surface area contributed by atoms with Crippen LogP contribution in [0.1, 0.15) is 20.7 Å². The molecule has 0 aliphatic carbocycles. The van der Waals surface area contributed by atoms with Crippen molar-refractivity contribution in [2.24, 2.45) is 0 Å². The van der Waals surface area contributed by atoms with Crippen LogP contribution in [0.25, 0.3) is 0 Å². The monoisotopic (exact) mass is 240 g/mol. The van der Waals surface area contributed by atoms with Crippen molar-refractivity contribution in [3.05, 3.63) is 29.3 Å².